The molecular weight excluding hydrogens is 208 g/mol. The van der Waals surface area contributed by atoms with E-state index in [0.717, 1.165) is 4.90 Å². The largest absolute Gasteiger partial charge is 0.320 e. The van der Waals surface area contributed by atoms with Gasteiger partial charge in [-0.05, 0) is 5.53 Å². The van der Waals surface area contributed by atoms with E-state index in [9.17, 15) is 13.6 Å². The van der Waals surface area contributed by atoms with Crippen molar-refractivity contribution in [2.24, 2.45) is 5.11 Å². The molecule has 1 rings (SSSR count). The predicted octanol–water partition coefficient (Wildman–Crippen LogP) is 1.06. The summed E-state index contributed by atoms with van der Waals surface area (Å²) in [6.45, 7) is -1.32. The lowest BCUT2D eigenvalue weighted by atomic mass is 10.2. The fourth-order valence-electron chi connectivity index (χ4n) is 1.38. The first kappa shape index (κ1) is 11.2. The second-order valence-electron chi connectivity index (χ2n) is 3.12. The van der Waals surface area contributed by atoms with Crippen LogP contribution < -0.4 is 0 Å². The lowest BCUT2D eigenvalue weighted by Crippen LogP contribution is -2.37. The van der Waals surface area contributed by atoms with Gasteiger partial charge in [0.2, 0.25) is 5.91 Å². The van der Waals surface area contributed by atoms with Crippen LogP contribution in [-0.2, 0) is 4.79 Å². The van der Waals surface area contributed by atoms with Gasteiger partial charge in [-0.3, -0.25) is 4.79 Å². The fourth-order valence-corrected chi connectivity index (χ4v) is 1.38. The Kier molecular flexibility index (Phi) is 3.07. The smallest absolute Gasteiger partial charge is 0.268 e. The maximum absolute atomic E-state index is 12.9. The number of azide groups is 1. The highest BCUT2D eigenvalue weighted by molar-refractivity contribution is 5.79. The van der Waals surface area contributed by atoms with Gasteiger partial charge >= 0.3 is 0 Å². The number of likely N-dealkylation sites (tertiary alicyclic amines) is 1. The Bertz CT molecular complexity index is 357. The summed E-state index contributed by atoms with van der Waals surface area (Å²) in [7, 11) is 0. The molecule has 80 valence electrons. The van der Waals surface area contributed by atoms with E-state index in [0.29, 0.717) is 0 Å². The van der Waals surface area contributed by atoms with Crippen molar-refractivity contribution >= 4 is 5.91 Å². The van der Waals surface area contributed by atoms with Crippen molar-refractivity contribution in [2.45, 2.75) is 18.4 Å². The topological polar surface area (TPSA) is 92.9 Å². The summed E-state index contributed by atoms with van der Waals surface area (Å²) in [6, 6.07) is 0.480. The van der Waals surface area contributed by atoms with E-state index >= 15 is 0 Å². The lowest BCUT2D eigenvalue weighted by Gasteiger charge is -2.17. The van der Waals surface area contributed by atoms with Crippen LogP contribution in [0.15, 0.2) is 5.11 Å². The van der Waals surface area contributed by atoms with Crippen LogP contribution in [0.3, 0.4) is 0 Å². The van der Waals surface area contributed by atoms with E-state index in [1.807, 2.05) is 0 Å². The van der Waals surface area contributed by atoms with Crippen molar-refractivity contribution in [3.05, 3.63) is 10.4 Å². The maximum atomic E-state index is 12.9. The summed E-state index contributed by atoms with van der Waals surface area (Å²) in [5.74, 6) is -3.79. The van der Waals surface area contributed by atoms with E-state index in [1.165, 1.54) is 0 Å². The van der Waals surface area contributed by atoms with Gasteiger partial charge in [-0.2, -0.15) is 5.26 Å². The second-order valence-corrected chi connectivity index (χ2v) is 3.12. The summed E-state index contributed by atoms with van der Waals surface area (Å²) < 4.78 is 25.7. The van der Waals surface area contributed by atoms with Gasteiger partial charge in [0.15, 0.2) is 0 Å². The van der Waals surface area contributed by atoms with Gasteiger partial charge in [0.05, 0.1) is 12.6 Å². The predicted molar refractivity (Wildman–Crippen MR) is 44.7 cm³/mol. The van der Waals surface area contributed by atoms with E-state index in [-0.39, 0.29) is 0 Å². The number of halogens is 2. The Morgan fingerprint density at radius 3 is 3.00 bits per heavy atom. The van der Waals surface area contributed by atoms with Crippen LogP contribution in [0.1, 0.15) is 6.42 Å². The van der Waals surface area contributed by atoms with Crippen molar-refractivity contribution in [1.29, 1.82) is 5.26 Å². The summed E-state index contributed by atoms with van der Waals surface area (Å²) >= 11 is 0. The number of hydrogen-bond acceptors (Lipinski definition) is 3. The van der Waals surface area contributed by atoms with Crippen molar-refractivity contribution in [3.63, 3.8) is 0 Å². The zero-order chi connectivity index (χ0) is 11.5. The highest BCUT2D eigenvalue weighted by Gasteiger charge is 2.46. The number of alkyl halides is 2. The molecule has 0 aromatic rings. The molecule has 0 bridgehead atoms. The molecule has 1 saturated heterocycles. The molecule has 15 heavy (non-hydrogen) atoms. The summed E-state index contributed by atoms with van der Waals surface area (Å²) in [5, 5.41) is 11.5. The molecule has 0 aliphatic carbocycles. The standard InChI is InChI=1S/C7H7F2N5O/c8-7(9)1-5(2-10)14(4-7)6(15)3-12-13-11/h5H,1,3-4H2/t5-/m0/s1. The molecule has 1 aliphatic rings. The van der Waals surface area contributed by atoms with Crippen molar-refractivity contribution in [2.75, 3.05) is 13.1 Å². The van der Waals surface area contributed by atoms with Gasteiger partial charge in [0, 0.05) is 11.3 Å². The number of amides is 1. The van der Waals surface area contributed by atoms with E-state index in [4.69, 9.17) is 10.8 Å². The van der Waals surface area contributed by atoms with Crippen LogP contribution in [0.4, 0.5) is 8.78 Å². The Balaban J connectivity index is 2.73. The van der Waals surface area contributed by atoms with Gasteiger partial charge in [-0.15, -0.1) is 0 Å². The van der Waals surface area contributed by atoms with Crippen LogP contribution in [-0.4, -0.2) is 35.9 Å². The average molecular weight is 215 g/mol. The highest BCUT2D eigenvalue weighted by atomic mass is 19.3. The molecule has 1 amide bonds. The summed E-state index contributed by atoms with van der Waals surface area (Å²) in [5.41, 5.74) is 7.96. The molecule has 1 fully saturated rings. The third kappa shape index (κ3) is 2.54. The fraction of sp³-hybridized carbons (Fsp3) is 0.714. The van der Waals surface area contributed by atoms with Crippen LogP contribution in [0.25, 0.3) is 10.4 Å². The van der Waals surface area contributed by atoms with Gasteiger partial charge in [0.25, 0.3) is 5.92 Å². The van der Waals surface area contributed by atoms with Crippen molar-refractivity contribution in [1.82, 2.24) is 4.90 Å². The Labute approximate surface area is 83.7 Å². The SMILES string of the molecule is N#C[C@@H]1CC(F)(F)CN1C(=O)CN=[N+]=[N-]. The normalized spacial score (nSPS) is 23.0. The Morgan fingerprint density at radius 2 is 2.47 bits per heavy atom. The summed E-state index contributed by atoms with van der Waals surface area (Å²) in [6.07, 6.45) is -0.661. The van der Waals surface area contributed by atoms with Gasteiger partial charge in [-0.1, -0.05) is 5.11 Å². The third-order valence-electron chi connectivity index (χ3n) is 2.01. The lowest BCUT2D eigenvalue weighted by molar-refractivity contribution is -0.130. The molecule has 0 unspecified atom stereocenters. The number of rotatable bonds is 2. The number of nitrogens with zero attached hydrogens (tertiary/aromatic N) is 5. The van der Waals surface area contributed by atoms with E-state index in [2.05, 4.69) is 10.0 Å². The van der Waals surface area contributed by atoms with Crippen LogP contribution in [0.2, 0.25) is 0 Å². The Hall–Kier alpha value is -1.87. The van der Waals surface area contributed by atoms with E-state index in [1.54, 1.807) is 6.07 Å². The first-order valence-corrected chi connectivity index (χ1v) is 4.08. The molecule has 1 heterocycles. The highest BCUT2D eigenvalue weighted by Crippen LogP contribution is 2.31. The molecular formula is C7H7F2N5O. The van der Waals surface area contributed by atoms with Crippen molar-refractivity contribution in [3.8, 4) is 6.07 Å². The molecule has 0 aromatic carbocycles. The number of carbonyl (C=O) groups is 1. The zero-order valence-corrected chi connectivity index (χ0v) is 7.60. The first-order chi connectivity index (χ1) is 7.00. The number of hydrogen-bond donors (Lipinski definition) is 0. The molecule has 1 aliphatic heterocycles. The minimum Gasteiger partial charge on any atom is -0.320 e. The number of carbonyl (C=O) groups excluding carboxylic acids is 1. The molecule has 6 nitrogen and oxygen atoms in total. The first-order valence-electron chi connectivity index (χ1n) is 4.08. The van der Waals surface area contributed by atoms with Crippen LogP contribution in [0, 0.1) is 11.3 Å². The van der Waals surface area contributed by atoms with Gasteiger partial charge in [-0.25, -0.2) is 8.78 Å². The quantitative estimate of drug-likeness (QED) is 0.391. The summed E-state index contributed by atoms with van der Waals surface area (Å²) in [4.78, 5) is 14.3. The minimum absolute atomic E-state index is 0.537. The third-order valence-corrected chi connectivity index (χ3v) is 2.01. The number of nitriles is 1. The molecule has 0 spiro atoms. The van der Waals surface area contributed by atoms with E-state index < -0.39 is 37.4 Å². The monoisotopic (exact) mass is 215 g/mol. The molecule has 1 atom stereocenters. The Morgan fingerprint density at radius 1 is 1.80 bits per heavy atom. The second kappa shape index (κ2) is 4.11. The molecule has 0 saturated carbocycles. The minimum atomic E-state index is -3.04. The van der Waals surface area contributed by atoms with Crippen LogP contribution in [0.5, 0.6) is 0 Å². The molecule has 0 N–H and O–H groups in total. The molecule has 0 radical (unpaired) electrons. The molecule has 8 heteroatoms. The van der Waals surface area contributed by atoms with Gasteiger partial charge < -0.3 is 4.90 Å². The maximum Gasteiger partial charge on any atom is 0.268 e. The van der Waals surface area contributed by atoms with Crippen molar-refractivity contribution < 1.29 is 13.6 Å². The van der Waals surface area contributed by atoms with Gasteiger partial charge in [0.1, 0.15) is 12.6 Å². The van der Waals surface area contributed by atoms with Crippen LogP contribution >= 0.6 is 0 Å². The average Bonchev–Trinajstić information content (AvgIpc) is 2.50. The zero-order valence-electron chi connectivity index (χ0n) is 7.60. The molecule has 0 aromatic heterocycles.